The molecule has 0 spiro atoms. The third-order valence-electron chi connectivity index (χ3n) is 1.77. The summed E-state index contributed by atoms with van der Waals surface area (Å²) in [6.07, 6.45) is 4.72. The Morgan fingerprint density at radius 3 is 2.90 bits per heavy atom. The average Bonchev–Trinajstić information content (AvgIpc) is 1.95. The molecule has 0 saturated carbocycles. The first-order chi connectivity index (χ1) is 4.75. The minimum atomic E-state index is -0.220. The van der Waals surface area contributed by atoms with Gasteiger partial charge in [-0.15, -0.1) is 0 Å². The second-order valence-electron chi connectivity index (χ2n) is 2.49. The Bertz CT molecular complexity index is 172. The molecule has 1 aliphatic rings. The molecular weight excluding hydrogens is 239 g/mol. The average molecular weight is 250 g/mol. The second-order valence-corrected chi connectivity index (χ2v) is 3.65. The Labute approximate surface area is 75.0 Å². The highest BCUT2D eigenvalue weighted by Crippen LogP contribution is 2.29. The summed E-state index contributed by atoms with van der Waals surface area (Å²) in [6, 6.07) is 0. The molecule has 0 fully saturated rings. The lowest BCUT2D eigenvalue weighted by Crippen LogP contribution is -2.12. The van der Waals surface area contributed by atoms with Crippen molar-refractivity contribution in [3.63, 3.8) is 0 Å². The van der Waals surface area contributed by atoms with E-state index in [0.717, 1.165) is 22.8 Å². The Morgan fingerprint density at radius 1 is 1.70 bits per heavy atom. The van der Waals surface area contributed by atoms with Crippen LogP contribution in [0.4, 0.5) is 0 Å². The van der Waals surface area contributed by atoms with Gasteiger partial charge in [-0.3, -0.25) is 0 Å². The largest absolute Gasteiger partial charge is 0.388 e. The summed E-state index contributed by atoms with van der Waals surface area (Å²) in [4.78, 5) is 0. The molecule has 0 saturated heterocycles. The number of aliphatic hydroxyl groups excluding tert-OH is 1. The van der Waals surface area contributed by atoms with E-state index in [0.29, 0.717) is 0 Å². The van der Waals surface area contributed by atoms with E-state index < -0.39 is 0 Å². The lowest BCUT2D eigenvalue weighted by atomic mass is 9.98. The molecule has 1 N–H and O–H groups in total. The topological polar surface area (TPSA) is 20.2 Å². The summed E-state index contributed by atoms with van der Waals surface area (Å²) in [6.45, 7) is 3.70. The number of hydrogen-bond acceptors (Lipinski definition) is 1. The summed E-state index contributed by atoms with van der Waals surface area (Å²) in [7, 11) is 0. The van der Waals surface area contributed by atoms with E-state index in [-0.39, 0.29) is 6.10 Å². The molecule has 1 rings (SSSR count). The van der Waals surface area contributed by atoms with E-state index in [1.54, 1.807) is 0 Å². The minimum absolute atomic E-state index is 0.220. The van der Waals surface area contributed by atoms with E-state index >= 15 is 0 Å². The highest BCUT2D eigenvalue weighted by Gasteiger charge is 2.16. The van der Waals surface area contributed by atoms with Gasteiger partial charge in [0, 0.05) is 3.58 Å². The van der Waals surface area contributed by atoms with Crippen LogP contribution in [-0.2, 0) is 0 Å². The SMILES string of the molecule is C=CC1=C(I)C(O)CCC1. The zero-order chi connectivity index (χ0) is 7.56. The van der Waals surface area contributed by atoms with Crippen LogP contribution in [0.5, 0.6) is 0 Å². The molecule has 0 heterocycles. The molecule has 0 bridgehead atoms. The lowest BCUT2D eigenvalue weighted by Gasteiger charge is -2.18. The maximum Gasteiger partial charge on any atom is 0.0849 e. The molecule has 1 aliphatic carbocycles. The van der Waals surface area contributed by atoms with Crippen LogP contribution in [0.3, 0.4) is 0 Å². The molecule has 2 heteroatoms. The monoisotopic (exact) mass is 250 g/mol. The van der Waals surface area contributed by atoms with Crippen LogP contribution < -0.4 is 0 Å². The standard InChI is InChI=1S/C8H11IO/c1-2-6-4-3-5-7(10)8(6)9/h2,7,10H,1,3-5H2. The predicted octanol–water partition coefficient (Wildman–Crippen LogP) is 2.41. The molecule has 0 radical (unpaired) electrons. The Balaban J connectivity index is 2.81. The van der Waals surface area contributed by atoms with Gasteiger partial charge in [0.25, 0.3) is 0 Å². The van der Waals surface area contributed by atoms with E-state index in [1.165, 1.54) is 5.57 Å². The van der Waals surface area contributed by atoms with Gasteiger partial charge >= 0.3 is 0 Å². The van der Waals surface area contributed by atoms with Crippen LogP contribution in [0.1, 0.15) is 19.3 Å². The molecule has 0 aliphatic heterocycles. The van der Waals surface area contributed by atoms with Gasteiger partial charge in [-0.2, -0.15) is 0 Å². The van der Waals surface area contributed by atoms with Gasteiger partial charge in [-0.1, -0.05) is 12.7 Å². The molecule has 1 nitrogen and oxygen atoms in total. The van der Waals surface area contributed by atoms with Crippen LogP contribution >= 0.6 is 22.6 Å². The van der Waals surface area contributed by atoms with Crippen molar-refractivity contribution < 1.29 is 5.11 Å². The number of allylic oxidation sites excluding steroid dienone is 2. The van der Waals surface area contributed by atoms with Crippen molar-refractivity contribution in [3.05, 3.63) is 21.8 Å². The van der Waals surface area contributed by atoms with Crippen LogP contribution in [0.15, 0.2) is 21.8 Å². The van der Waals surface area contributed by atoms with Crippen LogP contribution in [0, 0.1) is 0 Å². The number of rotatable bonds is 1. The van der Waals surface area contributed by atoms with Crippen molar-refractivity contribution in [2.75, 3.05) is 0 Å². The van der Waals surface area contributed by atoms with Crippen molar-refractivity contribution in [2.45, 2.75) is 25.4 Å². The van der Waals surface area contributed by atoms with Gasteiger partial charge in [0.15, 0.2) is 0 Å². The third kappa shape index (κ3) is 1.61. The number of hydrogen-bond donors (Lipinski definition) is 1. The smallest absolute Gasteiger partial charge is 0.0849 e. The van der Waals surface area contributed by atoms with Crippen molar-refractivity contribution in [1.82, 2.24) is 0 Å². The van der Waals surface area contributed by atoms with Crippen molar-refractivity contribution in [2.24, 2.45) is 0 Å². The number of aliphatic hydroxyl groups is 1. The van der Waals surface area contributed by atoms with Crippen molar-refractivity contribution in [3.8, 4) is 0 Å². The lowest BCUT2D eigenvalue weighted by molar-refractivity contribution is 0.201. The van der Waals surface area contributed by atoms with Gasteiger partial charge < -0.3 is 5.11 Å². The summed E-state index contributed by atoms with van der Waals surface area (Å²) < 4.78 is 1.08. The normalized spacial score (nSPS) is 26.8. The fourth-order valence-corrected chi connectivity index (χ4v) is 1.95. The van der Waals surface area contributed by atoms with Gasteiger partial charge in [0.1, 0.15) is 0 Å². The molecule has 1 atom stereocenters. The van der Waals surface area contributed by atoms with Gasteiger partial charge in [-0.25, -0.2) is 0 Å². The third-order valence-corrected chi connectivity index (χ3v) is 3.18. The highest BCUT2D eigenvalue weighted by molar-refractivity contribution is 14.1. The summed E-state index contributed by atoms with van der Waals surface area (Å²) in [5, 5.41) is 9.37. The maximum absolute atomic E-state index is 9.37. The van der Waals surface area contributed by atoms with Gasteiger partial charge in [-0.05, 0) is 47.4 Å². The van der Waals surface area contributed by atoms with Crippen LogP contribution in [0.2, 0.25) is 0 Å². The Kier molecular flexibility index (Phi) is 2.92. The van der Waals surface area contributed by atoms with Gasteiger partial charge in [0.05, 0.1) is 6.10 Å². The summed E-state index contributed by atoms with van der Waals surface area (Å²) in [5.74, 6) is 0. The first kappa shape index (κ1) is 8.27. The highest BCUT2D eigenvalue weighted by atomic mass is 127. The molecule has 56 valence electrons. The number of halogens is 1. The van der Waals surface area contributed by atoms with Crippen LogP contribution in [0.25, 0.3) is 0 Å². The zero-order valence-electron chi connectivity index (χ0n) is 5.81. The summed E-state index contributed by atoms with van der Waals surface area (Å²) >= 11 is 2.20. The van der Waals surface area contributed by atoms with E-state index in [4.69, 9.17) is 0 Å². The Morgan fingerprint density at radius 2 is 2.40 bits per heavy atom. The predicted molar refractivity (Wildman–Crippen MR) is 51.1 cm³/mol. The van der Waals surface area contributed by atoms with E-state index in [9.17, 15) is 5.11 Å². The van der Waals surface area contributed by atoms with E-state index in [1.807, 2.05) is 6.08 Å². The zero-order valence-corrected chi connectivity index (χ0v) is 7.97. The van der Waals surface area contributed by atoms with Crippen molar-refractivity contribution in [1.29, 1.82) is 0 Å². The molecule has 0 aromatic carbocycles. The van der Waals surface area contributed by atoms with Gasteiger partial charge in [0.2, 0.25) is 0 Å². The summed E-state index contributed by atoms with van der Waals surface area (Å²) in [5.41, 5.74) is 1.22. The molecule has 1 unspecified atom stereocenters. The molecular formula is C8H11IO. The maximum atomic E-state index is 9.37. The molecule has 10 heavy (non-hydrogen) atoms. The first-order valence-electron chi connectivity index (χ1n) is 3.44. The fraction of sp³-hybridized carbons (Fsp3) is 0.500. The molecule has 0 aromatic rings. The molecule has 0 aromatic heterocycles. The second kappa shape index (κ2) is 3.53. The minimum Gasteiger partial charge on any atom is -0.388 e. The quantitative estimate of drug-likeness (QED) is 0.708. The first-order valence-corrected chi connectivity index (χ1v) is 4.52. The van der Waals surface area contributed by atoms with E-state index in [2.05, 4.69) is 29.2 Å². The molecule has 0 amide bonds. The Hall–Kier alpha value is 0.170. The van der Waals surface area contributed by atoms with Crippen molar-refractivity contribution >= 4 is 22.6 Å². The van der Waals surface area contributed by atoms with Crippen LogP contribution in [-0.4, -0.2) is 11.2 Å². The fourth-order valence-electron chi connectivity index (χ4n) is 1.15.